The second-order valence-electron chi connectivity index (χ2n) is 9.55. The van der Waals surface area contributed by atoms with Gasteiger partial charge in [0.1, 0.15) is 17.0 Å². The van der Waals surface area contributed by atoms with Crippen LogP contribution in [0, 0.1) is 11.8 Å². The van der Waals surface area contributed by atoms with Crippen LogP contribution in [0.15, 0.2) is 12.1 Å². The van der Waals surface area contributed by atoms with Gasteiger partial charge in [-0.3, -0.25) is 9.59 Å². The molecule has 1 aromatic carbocycles. The lowest BCUT2D eigenvalue weighted by atomic mass is 9.53. The zero-order valence-corrected chi connectivity index (χ0v) is 15.7. The number of aliphatic hydroxyl groups is 1. The summed E-state index contributed by atoms with van der Waals surface area (Å²) in [5.41, 5.74) is 1.39. The van der Waals surface area contributed by atoms with Gasteiger partial charge in [0, 0.05) is 24.3 Å². The predicted molar refractivity (Wildman–Crippen MR) is 96.2 cm³/mol. The molecule has 5 rings (SSSR count). The van der Waals surface area contributed by atoms with Crippen LogP contribution in [0.4, 0.5) is 0 Å². The van der Waals surface area contributed by atoms with E-state index in [9.17, 15) is 14.7 Å². The van der Waals surface area contributed by atoms with Crippen LogP contribution in [0.2, 0.25) is 0 Å². The van der Waals surface area contributed by atoms with Crippen molar-refractivity contribution in [1.82, 2.24) is 0 Å². The Kier molecular flexibility index (Phi) is 3.10. The summed E-state index contributed by atoms with van der Waals surface area (Å²) in [5, 5.41) is 11.5. The standard InChI is InChI=1S/C22H26O4/c1-12-11-26-22-10-13(23)9-21(25,18(12)22)19(24)17-14-5-4-8-20(2,3)15(14)6-7-16(17)22/h6-7,12,18,25H,4-5,8-11H2,1-3H3/t12-,18-,21-,22+/m0/s1. The van der Waals surface area contributed by atoms with Crippen molar-refractivity contribution in [3.05, 3.63) is 34.4 Å². The lowest BCUT2D eigenvalue weighted by Crippen LogP contribution is -2.64. The molecule has 4 atom stereocenters. The first-order chi connectivity index (χ1) is 12.2. The third-order valence-corrected chi connectivity index (χ3v) is 7.46. The maximum atomic E-state index is 13.6. The molecule has 26 heavy (non-hydrogen) atoms. The van der Waals surface area contributed by atoms with E-state index in [2.05, 4.69) is 19.9 Å². The lowest BCUT2D eigenvalue weighted by molar-refractivity contribution is -0.158. The lowest BCUT2D eigenvalue weighted by Gasteiger charge is -2.53. The quantitative estimate of drug-likeness (QED) is 0.778. The highest BCUT2D eigenvalue weighted by molar-refractivity contribution is 6.10. The minimum Gasteiger partial charge on any atom is -0.381 e. The molecule has 1 saturated heterocycles. The molecule has 1 heterocycles. The van der Waals surface area contributed by atoms with Gasteiger partial charge >= 0.3 is 0 Å². The van der Waals surface area contributed by atoms with Gasteiger partial charge in [0.15, 0.2) is 5.78 Å². The van der Waals surface area contributed by atoms with Crippen molar-refractivity contribution >= 4 is 11.6 Å². The Bertz CT molecular complexity index is 854. The topological polar surface area (TPSA) is 63.6 Å². The van der Waals surface area contributed by atoms with Crippen molar-refractivity contribution in [1.29, 1.82) is 0 Å². The largest absolute Gasteiger partial charge is 0.381 e. The van der Waals surface area contributed by atoms with Crippen LogP contribution >= 0.6 is 0 Å². The first-order valence-corrected chi connectivity index (χ1v) is 9.80. The van der Waals surface area contributed by atoms with Crippen molar-refractivity contribution < 1.29 is 19.4 Å². The molecule has 1 aromatic rings. The number of hydrogen-bond acceptors (Lipinski definition) is 4. The van der Waals surface area contributed by atoms with E-state index in [0.29, 0.717) is 12.2 Å². The summed E-state index contributed by atoms with van der Waals surface area (Å²) < 4.78 is 6.25. The van der Waals surface area contributed by atoms with Crippen molar-refractivity contribution in [2.24, 2.45) is 11.8 Å². The van der Waals surface area contributed by atoms with E-state index in [4.69, 9.17) is 4.74 Å². The average Bonchev–Trinajstić information content (AvgIpc) is 2.91. The van der Waals surface area contributed by atoms with E-state index in [1.54, 1.807) is 0 Å². The Morgan fingerprint density at radius 2 is 1.88 bits per heavy atom. The molecule has 1 N–H and O–H groups in total. The van der Waals surface area contributed by atoms with E-state index in [1.165, 1.54) is 5.56 Å². The molecule has 2 fully saturated rings. The fourth-order valence-corrected chi connectivity index (χ4v) is 6.48. The van der Waals surface area contributed by atoms with Crippen LogP contribution < -0.4 is 0 Å². The Hall–Kier alpha value is -1.52. The summed E-state index contributed by atoms with van der Waals surface area (Å²) in [4.78, 5) is 26.1. The van der Waals surface area contributed by atoms with Gasteiger partial charge in [0.25, 0.3) is 0 Å². The maximum Gasteiger partial charge on any atom is 0.195 e. The SMILES string of the molecule is C[C@H]1CO[C@]23CC(=O)C[C@@](O)(C(=O)c4c2ccc2c4CCCC2(C)C)[C@H]13. The number of fused-ring (bicyclic) bond motifs is 3. The summed E-state index contributed by atoms with van der Waals surface area (Å²) in [6.45, 7) is 6.94. The molecule has 0 amide bonds. The molecule has 1 aliphatic heterocycles. The first-order valence-electron chi connectivity index (χ1n) is 9.80. The second kappa shape index (κ2) is 4.85. The zero-order valence-electron chi connectivity index (χ0n) is 15.7. The Morgan fingerprint density at radius 3 is 2.65 bits per heavy atom. The average molecular weight is 354 g/mol. The van der Waals surface area contributed by atoms with Gasteiger partial charge in [-0.25, -0.2) is 0 Å². The molecular weight excluding hydrogens is 328 g/mol. The highest BCUT2D eigenvalue weighted by Gasteiger charge is 2.69. The van der Waals surface area contributed by atoms with E-state index in [0.717, 1.165) is 30.4 Å². The number of rotatable bonds is 0. The zero-order chi connectivity index (χ0) is 18.5. The van der Waals surface area contributed by atoms with E-state index >= 15 is 0 Å². The summed E-state index contributed by atoms with van der Waals surface area (Å²) in [6, 6.07) is 4.16. The van der Waals surface area contributed by atoms with Crippen LogP contribution in [0.1, 0.15) is 73.5 Å². The highest BCUT2D eigenvalue weighted by atomic mass is 16.5. The van der Waals surface area contributed by atoms with Gasteiger partial charge in [0.05, 0.1) is 6.61 Å². The summed E-state index contributed by atoms with van der Waals surface area (Å²) >= 11 is 0. The van der Waals surface area contributed by atoms with Crippen molar-refractivity contribution in [3.63, 3.8) is 0 Å². The van der Waals surface area contributed by atoms with Crippen LogP contribution in [-0.4, -0.2) is 28.9 Å². The van der Waals surface area contributed by atoms with Crippen molar-refractivity contribution in [2.45, 2.75) is 69.5 Å². The maximum absolute atomic E-state index is 13.6. The van der Waals surface area contributed by atoms with Crippen LogP contribution in [0.25, 0.3) is 0 Å². The normalized spacial score (nSPS) is 40.0. The molecule has 4 aliphatic rings. The van der Waals surface area contributed by atoms with Gasteiger partial charge in [-0.05, 0) is 47.3 Å². The molecule has 0 spiro atoms. The van der Waals surface area contributed by atoms with E-state index in [1.807, 2.05) is 13.0 Å². The van der Waals surface area contributed by atoms with Gasteiger partial charge in [-0.2, -0.15) is 0 Å². The molecule has 3 aliphatic carbocycles. The Balaban J connectivity index is 1.84. The fraction of sp³-hybridized carbons (Fsp3) is 0.636. The van der Waals surface area contributed by atoms with Crippen molar-refractivity contribution in [3.8, 4) is 0 Å². The first kappa shape index (κ1) is 16.6. The second-order valence-corrected chi connectivity index (χ2v) is 9.55. The third-order valence-electron chi connectivity index (χ3n) is 7.46. The number of carbonyl (C=O) groups excluding carboxylic acids is 2. The van der Waals surface area contributed by atoms with E-state index in [-0.39, 0.29) is 41.7 Å². The van der Waals surface area contributed by atoms with Gasteiger partial charge in [0.2, 0.25) is 0 Å². The smallest absolute Gasteiger partial charge is 0.195 e. The number of benzene rings is 1. The molecular formula is C22H26O4. The van der Waals surface area contributed by atoms with Crippen LogP contribution in [0.3, 0.4) is 0 Å². The third kappa shape index (κ3) is 1.77. The monoisotopic (exact) mass is 354 g/mol. The van der Waals surface area contributed by atoms with Crippen LogP contribution in [0.5, 0.6) is 0 Å². The summed E-state index contributed by atoms with van der Waals surface area (Å²) in [5.74, 6) is -0.594. The number of hydrogen-bond donors (Lipinski definition) is 1. The Labute approximate surface area is 153 Å². The molecule has 0 aromatic heterocycles. The highest BCUT2D eigenvalue weighted by Crippen LogP contribution is 2.61. The van der Waals surface area contributed by atoms with Gasteiger partial charge in [-0.1, -0.05) is 32.9 Å². The molecule has 138 valence electrons. The van der Waals surface area contributed by atoms with E-state index < -0.39 is 11.2 Å². The summed E-state index contributed by atoms with van der Waals surface area (Å²) in [6.07, 6.45) is 3.19. The van der Waals surface area contributed by atoms with Crippen molar-refractivity contribution in [2.75, 3.05) is 6.61 Å². The fourth-order valence-electron chi connectivity index (χ4n) is 6.48. The molecule has 1 saturated carbocycles. The van der Waals surface area contributed by atoms with Gasteiger partial charge in [-0.15, -0.1) is 0 Å². The summed E-state index contributed by atoms with van der Waals surface area (Å²) in [7, 11) is 0. The number of ether oxygens (including phenoxy) is 1. The molecule has 0 unspecified atom stereocenters. The number of Topliss-reactive ketones (excluding diaryl/α,β-unsaturated/α-hetero) is 2. The number of ketones is 2. The minimum absolute atomic E-state index is 0.0226. The Morgan fingerprint density at radius 1 is 1.15 bits per heavy atom. The molecule has 4 nitrogen and oxygen atoms in total. The molecule has 2 bridgehead atoms. The van der Waals surface area contributed by atoms with Gasteiger partial charge < -0.3 is 9.84 Å². The predicted octanol–water partition coefficient (Wildman–Crippen LogP) is 3.07. The minimum atomic E-state index is -1.62. The number of carbonyl (C=O) groups is 2. The van der Waals surface area contributed by atoms with Crippen LogP contribution in [-0.2, 0) is 27.0 Å². The molecule has 4 heteroatoms. The molecule has 0 radical (unpaired) electrons.